The van der Waals surface area contributed by atoms with E-state index in [1.807, 2.05) is 7.05 Å². The lowest BCUT2D eigenvalue weighted by Crippen LogP contribution is -2.43. The van der Waals surface area contributed by atoms with Crippen LogP contribution in [-0.2, 0) is 6.42 Å². The van der Waals surface area contributed by atoms with Gasteiger partial charge in [-0.2, -0.15) is 0 Å². The molecule has 116 valence electrons. The van der Waals surface area contributed by atoms with Crippen molar-refractivity contribution in [3.8, 4) is 0 Å². The van der Waals surface area contributed by atoms with Crippen LogP contribution in [0.2, 0.25) is 0 Å². The Hall–Kier alpha value is -1.71. The fraction of sp³-hybridized carbons (Fsp3) is 0.588. The van der Waals surface area contributed by atoms with E-state index in [0.29, 0.717) is 12.0 Å². The molecule has 0 amide bonds. The smallest absolute Gasteiger partial charge is 0.191 e. The van der Waals surface area contributed by atoms with Gasteiger partial charge in [0.15, 0.2) is 5.96 Å². The summed E-state index contributed by atoms with van der Waals surface area (Å²) in [6.45, 7) is 9.54. The lowest BCUT2D eigenvalue weighted by Gasteiger charge is -2.25. The number of benzene rings is 1. The molecule has 4 nitrogen and oxygen atoms in total. The largest absolute Gasteiger partial charge is 0.367 e. The number of nitrogens with one attached hydrogen (secondary N) is 2. The molecule has 1 aromatic carbocycles. The van der Waals surface area contributed by atoms with E-state index in [9.17, 15) is 0 Å². The third kappa shape index (κ3) is 4.13. The van der Waals surface area contributed by atoms with Crippen molar-refractivity contribution in [3.05, 3.63) is 29.8 Å². The molecule has 21 heavy (non-hydrogen) atoms. The van der Waals surface area contributed by atoms with Gasteiger partial charge in [0, 0.05) is 38.4 Å². The molecular formula is C17H28N4. The molecule has 0 aliphatic carbocycles. The number of anilines is 1. The maximum atomic E-state index is 4.26. The van der Waals surface area contributed by atoms with E-state index in [4.69, 9.17) is 0 Å². The molecule has 1 heterocycles. The second-order valence-electron chi connectivity index (χ2n) is 6.15. The minimum absolute atomic E-state index is 0.579. The SMILES string of the molecule is CN=C(NCCN1c2ccccc2CC1C)NCC(C)C. The van der Waals surface area contributed by atoms with Crippen LogP contribution in [0.15, 0.2) is 29.3 Å². The van der Waals surface area contributed by atoms with E-state index >= 15 is 0 Å². The molecule has 1 aliphatic heterocycles. The van der Waals surface area contributed by atoms with Gasteiger partial charge in [0.1, 0.15) is 0 Å². The van der Waals surface area contributed by atoms with Crippen LogP contribution in [0.3, 0.4) is 0 Å². The van der Waals surface area contributed by atoms with Crippen molar-refractivity contribution in [2.45, 2.75) is 33.2 Å². The molecule has 0 spiro atoms. The van der Waals surface area contributed by atoms with E-state index in [-0.39, 0.29) is 0 Å². The summed E-state index contributed by atoms with van der Waals surface area (Å²) in [6.07, 6.45) is 1.15. The summed E-state index contributed by atoms with van der Waals surface area (Å²) in [7, 11) is 1.82. The van der Waals surface area contributed by atoms with Gasteiger partial charge in [0.05, 0.1) is 0 Å². The average molecular weight is 288 g/mol. The molecule has 0 saturated carbocycles. The van der Waals surface area contributed by atoms with E-state index in [1.165, 1.54) is 11.3 Å². The first-order chi connectivity index (χ1) is 10.1. The first-order valence-electron chi connectivity index (χ1n) is 7.91. The molecule has 0 fully saturated rings. The topological polar surface area (TPSA) is 39.7 Å². The Labute approximate surface area is 128 Å². The summed E-state index contributed by atoms with van der Waals surface area (Å²) < 4.78 is 0. The zero-order chi connectivity index (χ0) is 15.2. The Bertz CT molecular complexity index is 481. The van der Waals surface area contributed by atoms with Crippen molar-refractivity contribution >= 4 is 11.6 Å². The molecule has 1 aromatic rings. The van der Waals surface area contributed by atoms with E-state index in [0.717, 1.165) is 32.0 Å². The van der Waals surface area contributed by atoms with Crippen molar-refractivity contribution in [2.24, 2.45) is 10.9 Å². The Morgan fingerprint density at radius 2 is 2.10 bits per heavy atom. The Morgan fingerprint density at radius 3 is 2.81 bits per heavy atom. The van der Waals surface area contributed by atoms with Gasteiger partial charge < -0.3 is 15.5 Å². The van der Waals surface area contributed by atoms with Crippen LogP contribution < -0.4 is 15.5 Å². The standard InChI is InChI=1S/C17H28N4/c1-13(2)12-20-17(18-4)19-9-10-21-14(3)11-15-7-5-6-8-16(15)21/h5-8,13-14H,9-12H2,1-4H3,(H2,18,19,20). The highest BCUT2D eigenvalue weighted by Crippen LogP contribution is 2.30. The average Bonchev–Trinajstić information content (AvgIpc) is 2.78. The number of hydrogen-bond donors (Lipinski definition) is 2. The van der Waals surface area contributed by atoms with Crippen LogP contribution in [0, 0.1) is 5.92 Å². The fourth-order valence-corrected chi connectivity index (χ4v) is 2.79. The van der Waals surface area contributed by atoms with Crippen molar-refractivity contribution in [3.63, 3.8) is 0 Å². The van der Waals surface area contributed by atoms with Crippen molar-refractivity contribution in [1.82, 2.24) is 10.6 Å². The molecular weight excluding hydrogens is 260 g/mol. The number of aliphatic imine (C=N–C) groups is 1. The Kier molecular flexibility index (Phi) is 5.48. The van der Waals surface area contributed by atoms with Gasteiger partial charge in [0.25, 0.3) is 0 Å². The van der Waals surface area contributed by atoms with Gasteiger partial charge in [-0.25, -0.2) is 0 Å². The first-order valence-corrected chi connectivity index (χ1v) is 7.91. The molecule has 1 unspecified atom stereocenters. The second-order valence-corrected chi connectivity index (χ2v) is 6.15. The summed E-state index contributed by atoms with van der Waals surface area (Å²) in [6, 6.07) is 9.30. The molecule has 2 rings (SSSR count). The predicted octanol–water partition coefficient (Wildman–Crippen LogP) is 2.26. The zero-order valence-electron chi connectivity index (χ0n) is 13.7. The maximum Gasteiger partial charge on any atom is 0.191 e. The monoisotopic (exact) mass is 288 g/mol. The number of fused-ring (bicyclic) bond motifs is 1. The second kappa shape index (κ2) is 7.34. The number of para-hydroxylation sites is 1. The number of rotatable bonds is 5. The number of guanidine groups is 1. The summed E-state index contributed by atoms with van der Waals surface area (Å²) in [4.78, 5) is 6.75. The molecule has 1 atom stereocenters. The van der Waals surface area contributed by atoms with Gasteiger partial charge in [-0.3, -0.25) is 4.99 Å². The van der Waals surface area contributed by atoms with Crippen molar-refractivity contribution < 1.29 is 0 Å². The number of hydrogen-bond acceptors (Lipinski definition) is 2. The Balaban J connectivity index is 1.83. The van der Waals surface area contributed by atoms with E-state index < -0.39 is 0 Å². The molecule has 1 aliphatic rings. The van der Waals surface area contributed by atoms with Crippen LogP contribution in [0.25, 0.3) is 0 Å². The summed E-state index contributed by atoms with van der Waals surface area (Å²) in [5.41, 5.74) is 2.85. The van der Waals surface area contributed by atoms with Crippen LogP contribution >= 0.6 is 0 Å². The van der Waals surface area contributed by atoms with Crippen LogP contribution in [-0.4, -0.2) is 38.7 Å². The minimum atomic E-state index is 0.579. The van der Waals surface area contributed by atoms with Crippen LogP contribution in [0.5, 0.6) is 0 Å². The van der Waals surface area contributed by atoms with Crippen LogP contribution in [0.1, 0.15) is 26.3 Å². The third-order valence-electron chi connectivity index (χ3n) is 3.89. The van der Waals surface area contributed by atoms with Gasteiger partial charge >= 0.3 is 0 Å². The molecule has 0 radical (unpaired) electrons. The molecule has 4 heteroatoms. The molecule has 0 aromatic heterocycles. The zero-order valence-corrected chi connectivity index (χ0v) is 13.7. The fourth-order valence-electron chi connectivity index (χ4n) is 2.79. The lowest BCUT2D eigenvalue weighted by molar-refractivity contribution is 0.610. The van der Waals surface area contributed by atoms with Crippen LogP contribution in [0.4, 0.5) is 5.69 Å². The highest BCUT2D eigenvalue weighted by molar-refractivity contribution is 5.79. The van der Waals surface area contributed by atoms with Crippen molar-refractivity contribution in [1.29, 1.82) is 0 Å². The minimum Gasteiger partial charge on any atom is -0.367 e. The highest BCUT2D eigenvalue weighted by Gasteiger charge is 2.24. The Morgan fingerprint density at radius 1 is 1.33 bits per heavy atom. The molecule has 0 saturated heterocycles. The van der Waals surface area contributed by atoms with E-state index in [2.05, 4.69) is 65.6 Å². The number of nitrogens with zero attached hydrogens (tertiary/aromatic N) is 2. The lowest BCUT2D eigenvalue weighted by atomic mass is 10.1. The first kappa shape index (κ1) is 15.7. The van der Waals surface area contributed by atoms with Gasteiger partial charge in [0.2, 0.25) is 0 Å². The van der Waals surface area contributed by atoms with Gasteiger partial charge in [-0.15, -0.1) is 0 Å². The summed E-state index contributed by atoms with van der Waals surface area (Å²) in [5.74, 6) is 1.51. The maximum absolute atomic E-state index is 4.26. The normalized spacial score (nSPS) is 18.0. The van der Waals surface area contributed by atoms with Gasteiger partial charge in [-0.05, 0) is 30.9 Å². The quantitative estimate of drug-likeness (QED) is 0.645. The molecule has 2 N–H and O–H groups in total. The van der Waals surface area contributed by atoms with Gasteiger partial charge in [-0.1, -0.05) is 32.0 Å². The summed E-state index contributed by atoms with van der Waals surface area (Å²) >= 11 is 0. The highest BCUT2D eigenvalue weighted by atomic mass is 15.2. The summed E-state index contributed by atoms with van der Waals surface area (Å²) in [5, 5.41) is 6.75. The van der Waals surface area contributed by atoms with Crippen molar-refractivity contribution in [2.75, 3.05) is 31.6 Å². The third-order valence-corrected chi connectivity index (χ3v) is 3.89. The molecule has 0 bridgehead atoms. The predicted molar refractivity (Wildman–Crippen MR) is 91.2 cm³/mol. The van der Waals surface area contributed by atoms with E-state index in [1.54, 1.807) is 0 Å².